The molecular formula is C18H16N4O2S. The van der Waals surface area contributed by atoms with Crippen LogP contribution in [-0.4, -0.2) is 19.8 Å². The first-order valence-electron chi connectivity index (χ1n) is 8.04. The Kier molecular flexibility index (Phi) is 4.07. The number of nitrogens with zero attached hydrogens (tertiary/aromatic N) is 2. The van der Waals surface area contributed by atoms with Crippen LogP contribution in [0.3, 0.4) is 0 Å². The lowest BCUT2D eigenvalue weighted by Gasteiger charge is -2.02. The van der Waals surface area contributed by atoms with Crippen LogP contribution >= 0.6 is 11.5 Å². The van der Waals surface area contributed by atoms with Gasteiger partial charge in [-0.15, -0.1) is 0 Å². The van der Waals surface area contributed by atoms with E-state index < -0.39 is 0 Å². The van der Waals surface area contributed by atoms with Crippen molar-refractivity contribution >= 4 is 44.5 Å². The fraction of sp³-hybridized carbons (Fsp3) is 0.167. The van der Waals surface area contributed by atoms with Crippen LogP contribution in [0.15, 0.2) is 53.3 Å². The summed E-state index contributed by atoms with van der Waals surface area (Å²) in [6, 6.07) is 15.2. The number of fused-ring (bicyclic) bond motifs is 2. The number of benzene rings is 2. The normalized spacial score (nSPS) is 11.2. The summed E-state index contributed by atoms with van der Waals surface area (Å²) in [6.07, 6.45) is 0.927. The Hall–Kier alpha value is -2.93. The molecule has 0 fully saturated rings. The van der Waals surface area contributed by atoms with Gasteiger partial charge in [0.1, 0.15) is 0 Å². The highest BCUT2D eigenvalue weighted by atomic mass is 32.1. The molecule has 7 heteroatoms. The number of rotatable bonds is 5. The minimum absolute atomic E-state index is 0.0123. The standard InChI is InChI=1S/C18H16N4O2S/c23-16(21-18-19-13-7-2-3-8-14(13)20-18)10-5-11-22-17(24)12-6-1-4-9-15(12)25-22/h1-4,6-9H,5,10-11H2,(H2,19,20,21,23). The van der Waals surface area contributed by atoms with Crippen molar-refractivity contribution in [3.63, 3.8) is 0 Å². The van der Waals surface area contributed by atoms with Gasteiger partial charge in [0.15, 0.2) is 0 Å². The Morgan fingerprint density at radius 1 is 1.16 bits per heavy atom. The van der Waals surface area contributed by atoms with Crippen LogP contribution < -0.4 is 10.9 Å². The summed E-state index contributed by atoms with van der Waals surface area (Å²) < 4.78 is 2.68. The van der Waals surface area contributed by atoms with E-state index in [-0.39, 0.29) is 11.5 Å². The highest BCUT2D eigenvalue weighted by molar-refractivity contribution is 7.13. The van der Waals surface area contributed by atoms with E-state index in [0.717, 1.165) is 21.1 Å². The third kappa shape index (κ3) is 3.18. The SMILES string of the molecule is O=C(CCCn1sc2ccccc2c1=O)Nc1nc2ccccc2[nH]1. The van der Waals surface area contributed by atoms with E-state index in [4.69, 9.17) is 0 Å². The number of imidazole rings is 1. The van der Waals surface area contributed by atoms with E-state index in [9.17, 15) is 9.59 Å². The van der Waals surface area contributed by atoms with Gasteiger partial charge in [-0.2, -0.15) is 0 Å². The Labute approximate surface area is 147 Å². The van der Waals surface area contributed by atoms with E-state index in [1.165, 1.54) is 11.5 Å². The second-order valence-electron chi connectivity index (χ2n) is 5.75. The molecule has 4 aromatic rings. The topological polar surface area (TPSA) is 79.8 Å². The maximum absolute atomic E-state index is 12.3. The van der Waals surface area contributed by atoms with Crippen LogP contribution in [-0.2, 0) is 11.3 Å². The quantitative estimate of drug-likeness (QED) is 0.578. The number of hydrogen-bond donors (Lipinski definition) is 2. The van der Waals surface area contributed by atoms with Crippen LogP contribution in [0.5, 0.6) is 0 Å². The van der Waals surface area contributed by atoms with E-state index in [1.807, 2.05) is 48.5 Å². The van der Waals surface area contributed by atoms with Gasteiger partial charge in [0.25, 0.3) is 5.56 Å². The molecule has 0 atom stereocenters. The predicted molar refractivity (Wildman–Crippen MR) is 100 cm³/mol. The van der Waals surface area contributed by atoms with Crippen molar-refractivity contribution in [2.75, 3.05) is 5.32 Å². The van der Waals surface area contributed by atoms with Crippen molar-refractivity contribution in [3.05, 3.63) is 58.9 Å². The number of H-pyrrole nitrogens is 1. The number of carbonyl (C=O) groups is 1. The number of carbonyl (C=O) groups excluding carboxylic acids is 1. The summed E-state index contributed by atoms with van der Waals surface area (Å²) in [4.78, 5) is 31.7. The van der Waals surface area contributed by atoms with Gasteiger partial charge in [-0.05, 0) is 30.7 Å². The summed E-state index contributed by atoms with van der Waals surface area (Å²) in [6.45, 7) is 0.533. The number of anilines is 1. The molecule has 0 aliphatic heterocycles. The highest BCUT2D eigenvalue weighted by Crippen LogP contribution is 2.17. The molecule has 0 bridgehead atoms. The van der Waals surface area contributed by atoms with E-state index in [0.29, 0.717) is 25.3 Å². The zero-order chi connectivity index (χ0) is 17.2. The Morgan fingerprint density at radius 3 is 2.80 bits per heavy atom. The molecule has 0 spiro atoms. The smallest absolute Gasteiger partial charge is 0.268 e. The fourth-order valence-corrected chi connectivity index (χ4v) is 3.79. The van der Waals surface area contributed by atoms with Gasteiger partial charge in [0.2, 0.25) is 11.9 Å². The molecule has 0 radical (unpaired) electrons. The molecule has 2 heterocycles. The molecule has 1 amide bonds. The summed E-state index contributed by atoms with van der Waals surface area (Å²) in [5, 5.41) is 3.50. The Balaban J connectivity index is 1.36. The lowest BCUT2D eigenvalue weighted by molar-refractivity contribution is -0.116. The maximum Gasteiger partial charge on any atom is 0.268 e. The van der Waals surface area contributed by atoms with E-state index >= 15 is 0 Å². The number of para-hydroxylation sites is 2. The van der Waals surface area contributed by atoms with Gasteiger partial charge in [-0.1, -0.05) is 35.8 Å². The fourth-order valence-electron chi connectivity index (χ4n) is 2.75. The molecular weight excluding hydrogens is 336 g/mol. The summed E-state index contributed by atoms with van der Waals surface area (Å²) in [5.41, 5.74) is 1.71. The first-order chi connectivity index (χ1) is 12.2. The number of nitrogens with one attached hydrogen (secondary N) is 2. The van der Waals surface area contributed by atoms with Gasteiger partial charge >= 0.3 is 0 Å². The zero-order valence-corrected chi connectivity index (χ0v) is 14.2. The Bertz CT molecular complexity index is 1080. The minimum Gasteiger partial charge on any atom is -0.324 e. The van der Waals surface area contributed by atoms with Crippen molar-refractivity contribution in [1.29, 1.82) is 0 Å². The first kappa shape index (κ1) is 15.6. The second-order valence-corrected chi connectivity index (χ2v) is 6.81. The van der Waals surface area contributed by atoms with Crippen LogP contribution in [0.4, 0.5) is 5.95 Å². The van der Waals surface area contributed by atoms with Crippen molar-refractivity contribution in [2.24, 2.45) is 0 Å². The van der Waals surface area contributed by atoms with Crippen LogP contribution in [0.2, 0.25) is 0 Å². The third-order valence-electron chi connectivity index (χ3n) is 3.96. The molecule has 0 saturated heterocycles. The molecule has 0 unspecified atom stereocenters. The predicted octanol–water partition coefficient (Wildman–Crippen LogP) is 3.36. The lowest BCUT2D eigenvalue weighted by atomic mass is 10.3. The van der Waals surface area contributed by atoms with Crippen LogP contribution in [0.1, 0.15) is 12.8 Å². The van der Waals surface area contributed by atoms with Gasteiger partial charge in [-0.25, -0.2) is 4.98 Å². The molecule has 6 nitrogen and oxygen atoms in total. The summed E-state index contributed by atoms with van der Waals surface area (Å²) in [7, 11) is 0. The third-order valence-corrected chi connectivity index (χ3v) is 5.09. The summed E-state index contributed by atoms with van der Waals surface area (Å²) in [5.74, 6) is 0.332. The highest BCUT2D eigenvalue weighted by Gasteiger charge is 2.09. The van der Waals surface area contributed by atoms with E-state index in [1.54, 1.807) is 3.96 Å². The molecule has 4 rings (SSSR count). The zero-order valence-electron chi connectivity index (χ0n) is 13.4. The van der Waals surface area contributed by atoms with E-state index in [2.05, 4.69) is 15.3 Å². The van der Waals surface area contributed by atoms with Gasteiger partial charge in [0.05, 0.1) is 21.1 Å². The molecule has 2 aromatic heterocycles. The molecule has 126 valence electrons. The van der Waals surface area contributed by atoms with Crippen molar-refractivity contribution in [2.45, 2.75) is 19.4 Å². The minimum atomic E-state index is -0.117. The number of aromatic amines is 1. The average Bonchev–Trinajstić information content (AvgIpc) is 3.16. The second kappa shape index (κ2) is 6.52. The molecule has 0 saturated carbocycles. The lowest BCUT2D eigenvalue weighted by Crippen LogP contribution is -2.16. The maximum atomic E-state index is 12.3. The molecule has 0 aliphatic carbocycles. The first-order valence-corrected chi connectivity index (χ1v) is 8.81. The largest absolute Gasteiger partial charge is 0.324 e. The number of aromatic nitrogens is 3. The van der Waals surface area contributed by atoms with Gasteiger partial charge < -0.3 is 4.98 Å². The molecule has 2 N–H and O–H groups in total. The number of amides is 1. The van der Waals surface area contributed by atoms with Crippen molar-refractivity contribution in [1.82, 2.24) is 13.9 Å². The molecule has 2 aromatic carbocycles. The Morgan fingerprint density at radius 2 is 1.96 bits per heavy atom. The molecule has 0 aliphatic rings. The number of aryl methyl sites for hydroxylation is 1. The van der Waals surface area contributed by atoms with Crippen molar-refractivity contribution < 1.29 is 4.79 Å². The monoisotopic (exact) mass is 352 g/mol. The van der Waals surface area contributed by atoms with Crippen molar-refractivity contribution in [3.8, 4) is 0 Å². The summed E-state index contributed by atoms with van der Waals surface area (Å²) >= 11 is 1.44. The van der Waals surface area contributed by atoms with Crippen LogP contribution in [0.25, 0.3) is 21.1 Å². The van der Waals surface area contributed by atoms with Gasteiger partial charge in [0, 0.05) is 13.0 Å². The average molecular weight is 352 g/mol. The van der Waals surface area contributed by atoms with Gasteiger partial charge in [-0.3, -0.25) is 18.9 Å². The molecule has 25 heavy (non-hydrogen) atoms. The number of hydrogen-bond acceptors (Lipinski definition) is 4. The van der Waals surface area contributed by atoms with Crippen LogP contribution in [0, 0.1) is 0 Å².